The van der Waals surface area contributed by atoms with E-state index in [1.54, 1.807) is 5.79 Å². The maximum absolute atomic E-state index is 2.80. The first-order valence-electron chi connectivity index (χ1n) is 19.4. The van der Waals surface area contributed by atoms with Crippen molar-refractivity contribution >= 4 is 107 Å². The van der Waals surface area contributed by atoms with E-state index in [0.717, 1.165) is 5.92 Å². The monoisotopic (exact) mass is 887 g/mol. The Morgan fingerprint density at radius 2 is 0.894 bits per heavy atom. The van der Waals surface area contributed by atoms with Crippen molar-refractivity contribution in [1.82, 2.24) is 4.57 Å². The summed E-state index contributed by atoms with van der Waals surface area (Å²) in [4.78, 5) is 15.4. The van der Waals surface area contributed by atoms with Crippen LogP contribution >= 0.6 is 22.7 Å². The van der Waals surface area contributed by atoms with Gasteiger partial charge in [0.1, 0.15) is 0 Å². The van der Waals surface area contributed by atoms with E-state index in [2.05, 4.69) is 107 Å². The number of hydrogen-bond donors (Lipinski definition) is 0. The van der Waals surface area contributed by atoms with Gasteiger partial charge in [-0.05, 0) is 0 Å². The van der Waals surface area contributed by atoms with E-state index in [1.165, 1.54) is 151 Å². The molecule has 0 amide bonds. The van der Waals surface area contributed by atoms with Crippen molar-refractivity contribution in [2.45, 2.75) is 153 Å². The fourth-order valence-electron chi connectivity index (χ4n) is 7.46. The second kappa shape index (κ2) is 17.3. The Hall–Kier alpha value is -0.243. The molecule has 0 spiro atoms. The number of unbranched alkanes of at least 4 members (excludes halogenated alkanes) is 12. The molecule has 0 radical (unpaired) electrons. The van der Waals surface area contributed by atoms with Crippen LogP contribution in [0.3, 0.4) is 0 Å². The molecule has 0 aliphatic heterocycles. The van der Waals surface area contributed by atoms with Gasteiger partial charge in [-0.2, -0.15) is 0 Å². The molecule has 0 aliphatic rings. The van der Waals surface area contributed by atoms with E-state index < -0.39 is 36.8 Å². The van der Waals surface area contributed by atoms with Crippen molar-refractivity contribution < 1.29 is 0 Å². The van der Waals surface area contributed by atoms with Crippen LogP contribution in [-0.4, -0.2) is 41.3 Å². The molecule has 5 aromatic rings. The van der Waals surface area contributed by atoms with Gasteiger partial charge in [0.2, 0.25) is 0 Å². The van der Waals surface area contributed by atoms with E-state index >= 15 is 0 Å². The third kappa shape index (κ3) is 9.97. The van der Waals surface area contributed by atoms with Gasteiger partial charge in [-0.1, -0.05) is 65.2 Å². The minimum atomic E-state index is -2.14. The number of hydrogen-bond acceptors (Lipinski definition) is 2. The van der Waals surface area contributed by atoms with Gasteiger partial charge >= 0.3 is 242 Å². The summed E-state index contributed by atoms with van der Waals surface area (Å²) in [6, 6.07) is 15.5. The fraction of sp³-hybridized carbons (Fsp3) is 0.619. The SMILES string of the molecule is CCCCCCCCCCC(CCCCCCCC)Cn1c2cc3s[c]([Sn]([CH3])([CH3])[CH3])cc3cc2c2cc3c[c]([Sn]([CH3])([CH3])[CH3])sc3cc21. The third-order valence-corrected chi connectivity index (χ3v) is 31.5. The number of fused-ring (bicyclic) bond motifs is 5. The van der Waals surface area contributed by atoms with Crippen molar-refractivity contribution in [2.24, 2.45) is 5.92 Å². The van der Waals surface area contributed by atoms with Crippen LogP contribution in [0.15, 0.2) is 36.4 Å². The van der Waals surface area contributed by atoms with E-state index in [0.29, 0.717) is 0 Å². The molecular formula is C42H65NS2Sn2. The molecule has 5 rings (SSSR count). The second-order valence-electron chi connectivity index (χ2n) is 16.8. The molecule has 1 unspecified atom stereocenters. The summed E-state index contributed by atoms with van der Waals surface area (Å²) in [5.74, 6) is 0.765. The van der Waals surface area contributed by atoms with Crippen LogP contribution in [0.1, 0.15) is 117 Å². The number of nitrogens with zero attached hydrogens (tertiary/aromatic N) is 1. The van der Waals surface area contributed by atoms with Crippen LogP contribution in [0, 0.1) is 5.92 Å². The summed E-state index contributed by atoms with van der Waals surface area (Å²) >= 11 is -0.0809. The van der Waals surface area contributed by atoms with Crippen molar-refractivity contribution in [1.29, 1.82) is 0 Å². The number of aromatic nitrogens is 1. The van der Waals surface area contributed by atoms with Crippen LogP contribution in [0.2, 0.25) is 29.6 Å². The number of rotatable bonds is 20. The summed E-state index contributed by atoms with van der Waals surface area (Å²) in [7, 11) is 0. The van der Waals surface area contributed by atoms with E-state index in [4.69, 9.17) is 0 Å². The van der Waals surface area contributed by atoms with Gasteiger partial charge in [-0.25, -0.2) is 0 Å². The Bertz CT molecular complexity index is 1620. The molecule has 2 aromatic carbocycles. The molecular weight excluding hydrogens is 820 g/mol. The van der Waals surface area contributed by atoms with Gasteiger partial charge in [-0.3, -0.25) is 0 Å². The Labute approximate surface area is 304 Å². The third-order valence-electron chi connectivity index (χ3n) is 10.5. The standard InChI is InChI=1S/C36H47NS2.6CH3.2Sn/c1-3-5-7-9-11-12-14-16-18-28(17-15-13-10-8-6-4-2)27-37-33-25-35-29(19-21-38-35)23-31(33)32-24-30-20-22-39-36(30)26-34(32)37;;;;;;;;/h19-20,23-26,28H,3-18,27H2,1-2H3;6*1H3;;. The van der Waals surface area contributed by atoms with E-state index in [9.17, 15) is 0 Å². The normalized spacial score (nSPS) is 13.6. The molecule has 1 nitrogen and oxygen atoms in total. The molecule has 0 N–H and O–H groups in total. The first-order valence-corrected chi connectivity index (χ1v) is 41.0. The molecule has 0 fully saturated rings. The topological polar surface area (TPSA) is 4.93 Å². The zero-order valence-corrected chi connectivity index (χ0v) is 38.7. The Morgan fingerprint density at radius 1 is 0.511 bits per heavy atom. The zero-order chi connectivity index (χ0) is 33.6. The van der Waals surface area contributed by atoms with Crippen LogP contribution in [0.4, 0.5) is 0 Å². The van der Waals surface area contributed by atoms with Gasteiger partial charge in [-0.15, -0.1) is 0 Å². The van der Waals surface area contributed by atoms with Gasteiger partial charge in [0.25, 0.3) is 0 Å². The first-order chi connectivity index (χ1) is 22.5. The second-order valence-corrected chi connectivity index (χ2v) is 49.8. The number of thiophene rings is 2. The van der Waals surface area contributed by atoms with Crippen molar-refractivity contribution in [2.75, 3.05) is 0 Å². The van der Waals surface area contributed by atoms with E-state index in [1.807, 2.05) is 0 Å². The predicted molar refractivity (Wildman–Crippen MR) is 225 cm³/mol. The van der Waals surface area contributed by atoms with Crippen molar-refractivity contribution in [3.63, 3.8) is 0 Å². The summed E-state index contributed by atoms with van der Waals surface area (Å²) in [6.45, 7) is 5.83. The van der Waals surface area contributed by atoms with Gasteiger partial charge in [0, 0.05) is 0 Å². The summed E-state index contributed by atoms with van der Waals surface area (Å²) in [6.07, 6.45) is 22.5. The molecule has 0 saturated carbocycles. The molecule has 5 heteroatoms. The van der Waals surface area contributed by atoms with Crippen LogP contribution in [-0.2, 0) is 6.54 Å². The quantitative estimate of drug-likeness (QED) is 0.0542. The minimum absolute atomic E-state index is 0.765. The average Bonchev–Trinajstić information content (AvgIpc) is 3.71. The molecule has 0 bridgehead atoms. The van der Waals surface area contributed by atoms with Gasteiger partial charge in [0.05, 0.1) is 0 Å². The summed E-state index contributed by atoms with van der Waals surface area (Å²) in [5.41, 5.74) is 2.98. The zero-order valence-electron chi connectivity index (χ0n) is 31.3. The molecule has 1 atom stereocenters. The average molecular weight is 886 g/mol. The predicted octanol–water partition coefficient (Wildman–Crippen LogP) is 14.2. The van der Waals surface area contributed by atoms with Crippen molar-refractivity contribution in [3.8, 4) is 0 Å². The molecule has 3 aromatic heterocycles. The Morgan fingerprint density at radius 3 is 1.28 bits per heavy atom. The Kier molecular flexibility index (Phi) is 14.0. The molecule has 47 heavy (non-hydrogen) atoms. The molecule has 258 valence electrons. The number of benzene rings is 2. The first kappa shape index (κ1) is 38.0. The van der Waals surface area contributed by atoms with Crippen LogP contribution in [0.25, 0.3) is 42.0 Å². The van der Waals surface area contributed by atoms with Gasteiger partial charge < -0.3 is 0 Å². The van der Waals surface area contributed by atoms with Crippen LogP contribution in [0.5, 0.6) is 0 Å². The van der Waals surface area contributed by atoms with Crippen molar-refractivity contribution in [3.05, 3.63) is 36.4 Å². The van der Waals surface area contributed by atoms with Crippen LogP contribution < -0.4 is 5.79 Å². The summed E-state index contributed by atoms with van der Waals surface area (Å²) in [5, 5.41) is 5.92. The molecule has 3 heterocycles. The fourth-order valence-corrected chi connectivity index (χ4v) is 20.2. The van der Waals surface area contributed by atoms with E-state index in [-0.39, 0.29) is 0 Å². The Balaban J connectivity index is 1.49. The maximum atomic E-state index is 2.80. The molecule has 0 saturated heterocycles. The summed E-state index contributed by atoms with van der Waals surface area (Å²) < 4.78 is 9.22. The molecule has 0 aliphatic carbocycles. The van der Waals surface area contributed by atoms with Gasteiger partial charge in [0.15, 0.2) is 0 Å².